The van der Waals surface area contributed by atoms with E-state index < -0.39 is 422 Å². The van der Waals surface area contributed by atoms with Gasteiger partial charge in [0.2, 0.25) is 11.8 Å². The summed E-state index contributed by atoms with van der Waals surface area (Å²) in [6, 6.07) is -3.67. The van der Waals surface area contributed by atoms with E-state index in [0.29, 0.717) is 0 Å². The molecule has 0 bridgehead atoms. The lowest BCUT2D eigenvalue weighted by molar-refractivity contribution is -0.413. The highest BCUT2D eigenvalue weighted by Gasteiger charge is 2.63. The quantitative estimate of drug-likeness (QED) is 0.0290. The SMILES string of the molecule is CC(=O)N[C@H]1[C@H](O[C@H]2[C@H](O)[C@@H](NC(C)=O)C(O)O[C@@H]2CO)O[C@H](CO)[C@@H](O[C@@H]2O[C@H](CO[C@H]3O[C@H](CO)[C@@H](O)[C@H](O)[C@@H]3O)[C@@H](O)[C@H](O[C@H]3O[C@H](CO[C@H]4O[C@H](CO)[C@@H](O)[C@H](O)[C@@H]4O[C@H]4O[C@H](CO)[C@@H](O)[C@H](O[C@H]5O[C@H](CO)[C@@H](O)[C@H](O)[C@@H]5O)[C@@H]4O)[C@@H](O)[C@H](O)[C@@H]3O[C@H]3O[C@H](CO)[C@@H](O)[C@H](O)[C@@H]3O[C@H]3O[C@H](CO)[C@@H](O)[C@H](O[C@H]4O[C@H](CO)[C@@H](O)[C@H](O)[C@@H]4O)[C@@H]3O)[C@@H]2O)[C@@H]1O. The number of nitrogens with one attached hydrogen (secondary N) is 2. The molecule has 58 heteroatoms. The predicted molar refractivity (Wildman–Crippen MR) is 386 cm³/mol. The Balaban J connectivity index is 0.951. The first-order chi connectivity index (χ1) is 60.7. The molecule has 55 atom stereocenters. The van der Waals surface area contributed by atoms with Crippen LogP contribution in [0.2, 0.25) is 0 Å². The fourth-order valence-electron chi connectivity index (χ4n) is 16.5. The van der Waals surface area contributed by atoms with Gasteiger partial charge in [0.25, 0.3) is 0 Å². The minimum Gasteiger partial charge on any atom is -0.394 e. The molecule has 11 saturated heterocycles. The van der Waals surface area contributed by atoms with Crippen molar-refractivity contribution in [3.8, 4) is 0 Å². The highest BCUT2D eigenvalue weighted by molar-refractivity contribution is 5.73. The topological polar surface area (TPSA) is 920 Å². The van der Waals surface area contributed by atoms with Crippen molar-refractivity contribution in [2.75, 3.05) is 72.7 Å². The molecule has 58 nitrogen and oxygen atoms in total. The molecule has 0 radical (unpaired) electrons. The van der Waals surface area contributed by atoms with E-state index >= 15 is 0 Å². The van der Waals surface area contributed by atoms with Gasteiger partial charge >= 0.3 is 0 Å². The Morgan fingerprint density at radius 3 is 0.820 bits per heavy atom. The first kappa shape index (κ1) is 105. The lowest BCUT2D eigenvalue weighted by Gasteiger charge is -2.51. The van der Waals surface area contributed by atoms with Crippen molar-refractivity contribution in [1.82, 2.24) is 10.6 Å². The number of carbonyl (C=O) groups excluding carboxylic acids is 2. The molecule has 35 N–H and O–H groups in total. The summed E-state index contributed by atoms with van der Waals surface area (Å²) in [6.45, 7) is -10.7. The van der Waals surface area contributed by atoms with Crippen LogP contribution in [0.25, 0.3) is 0 Å². The van der Waals surface area contributed by atoms with E-state index in [1.807, 2.05) is 0 Å². The van der Waals surface area contributed by atoms with Crippen molar-refractivity contribution >= 4 is 11.8 Å². The van der Waals surface area contributed by atoms with E-state index in [9.17, 15) is 178 Å². The third kappa shape index (κ3) is 22.5. The second kappa shape index (κ2) is 45.8. The van der Waals surface area contributed by atoms with Crippen molar-refractivity contribution < 1.29 is 278 Å². The lowest BCUT2D eigenvalue weighted by atomic mass is 9.94. The van der Waals surface area contributed by atoms with Gasteiger partial charge < -0.3 is 279 Å². The molecule has 128 heavy (non-hydrogen) atoms. The zero-order chi connectivity index (χ0) is 94.0. The van der Waals surface area contributed by atoms with Crippen LogP contribution in [-0.4, -0.2) is 591 Å². The largest absolute Gasteiger partial charge is 0.394 e. The average molecular weight is 1880 g/mol. The van der Waals surface area contributed by atoms with Crippen molar-refractivity contribution in [2.45, 2.75) is 351 Å². The van der Waals surface area contributed by atoms with Gasteiger partial charge in [0.15, 0.2) is 69.2 Å². The van der Waals surface area contributed by atoms with Gasteiger partial charge in [-0.05, 0) is 0 Å². The van der Waals surface area contributed by atoms with E-state index in [1.165, 1.54) is 0 Å². The summed E-state index contributed by atoms with van der Waals surface area (Å²) in [6.07, 6.45) is -117. The molecule has 11 fully saturated rings. The molecule has 0 saturated carbocycles. The number of carbonyl (C=O) groups is 2. The van der Waals surface area contributed by atoms with Crippen molar-refractivity contribution in [2.24, 2.45) is 0 Å². The molecular weight excluding hydrogens is 1760 g/mol. The van der Waals surface area contributed by atoms with Gasteiger partial charge in [-0.25, -0.2) is 0 Å². The number of ether oxygens (including phenoxy) is 21. The van der Waals surface area contributed by atoms with Gasteiger partial charge in [-0.3, -0.25) is 9.59 Å². The Morgan fingerprint density at radius 2 is 0.430 bits per heavy atom. The van der Waals surface area contributed by atoms with E-state index in [4.69, 9.17) is 99.5 Å². The van der Waals surface area contributed by atoms with Crippen LogP contribution in [0, 0.1) is 0 Å². The molecule has 11 rings (SSSR count). The Labute approximate surface area is 722 Å². The van der Waals surface area contributed by atoms with Crippen LogP contribution in [0.5, 0.6) is 0 Å². The Kier molecular flexibility index (Phi) is 37.7. The molecule has 11 heterocycles. The monoisotopic (exact) mass is 1880 g/mol. The third-order valence-corrected chi connectivity index (χ3v) is 23.8. The van der Waals surface area contributed by atoms with Gasteiger partial charge in [0.05, 0.1) is 72.7 Å². The van der Waals surface area contributed by atoms with Gasteiger partial charge in [-0.15, -0.1) is 0 Å². The summed E-state index contributed by atoms with van der Waals surface area (Å²) in [7, 11) is 0. The minimum atomic E-state index is -2.74. The lowest BCUT2D eigenvalue weighted by Crippen LogP contribution is -2.70. The van der Waals surface area contributed by atoms with E-state index in [-0.39, 0.29) is 0 Å². The van der Waals surface area contributed by atoms with Crippen LogP contribution in [0.1, 0.15) is 13.8 Å². The average Bonchev–Trinajstić information content (AvgIpc) is 0.753. The highest BCUT2D eigenvalue weighted by Crippen LogP contribution is 2.42. The molecule has 0 aromatic carbocycles. The molecule has 0 aromatic rings. The zero-order valence-corrected chi connectivity index (χ0v) is 67.7. The fourth-order valence-corrected chi connectivity index (χ4v) is 16.5. The maximum Gasteiger partial charge on any atom is 0.217 e. The predicted octanol–water partition coefficient (Wildman–Crippen LogP) is -24.7. The smallest absolute Gasteiger partial charge is 0.217 e. The van der Waals surface area contributed by atoms with Crippen molar-refractivity contribution in [3.05, 3.63) is 0 Å². The molecule has 0 aromatic heterocycles. The summed E-state index contributed by atoms with van der Waals surface area (Å²) in [4.78, 5) is 25.3. The van der Waals surface area contributed by atoms with Crippen LogP contribution in [0.4, 0.5) is 0 Å². The molecule has 0 aliphatic carbocycles. The summed E-state index contributed by atoms with van der Waals surface area (Å²) in [5, 5.41) is 373. The Bertz CT molecular complexity index is 3380. The maximum absolute atomic E-state index is 13.1. The van der Waals surface area contributed by atoms with Crippen LogP contribution in [0.3, 0.4) is 0 Å². The molecule has 2 amide bonds. The van der Waals surface area contributed by atoms with Crippen molar-refractivity contribution in [3.63, 3.8) is 0 Å². The minimum absolute atomic E-state index is 0.816. The van der Waals surface area contributed by atoms with Crippen molar-refractivity contribution in [1.29, 1.82) is 0 Å². The second-order valence-electron chi connectivity index (χ2n) is 32.3. The number of hydrogen-bond acceptors (Lipinski definition) is 56. The zero-order valence-electron chi connectivity index (χ0n) is 67.7. The van der Waals surface area contributed by atoms with Gasteiger partial charge in [0, 0.05) is 13.8 Å². The highest BCUT2D eigenvalue weighted by atomic mass is 16.8. The van der Waals surface area contributed by atoms with Gasteiger partial charge in [-0.2, -0.15) is 0 Å². The molecule has 11 aliphatic heterocycles. The second-order valence-corrected chi connectivity index (χ2v) is 32.3. The molecule has 11 aliphatic rings. The maximum atomic E-state index is 13.1. The normalized spacial score (nSPS) is 51.7. The summed E-state index contributed by atoms with van der Waals surface area (Å²) >= 11 is 0. The molecule has 0 spiro atoms. The van der Waals surface area contributed by atoms with Crippen LogP contribution >= 0.6 is 0 Å². The number of hydrogen-bond donors (Lipinski definition) is 35. The van der Waals surface area contributed by atoms with Gasteiger partial charge in [0.1, 0.15) is 268 Å². The standard InChI is InChI=1S/C70H118N2O56/c1-14(82)71-27-38(93)52(23(10-80)110-60(27)107)121-61-28(72-15(2)83)39(94)53(24(11-81)118-61)122-67-51(106)56(37(92)26(119-67)13-108-62-46(101)40(95)29(84)16(3-73)111-62)125-70-59(128-69-58(44(99)33(88)20(7-77)117-69)127-66-50(105)55(36(91)22(9-79)115-66)124-64-48(103)42(97)31(86)18(5-75)113-64)45(100)34(89)25(120-70)12-109-68-57(43(98)32(87)19(6-76)116-68)126-65-49(104)54(35(90)21(8-78)114-65)123-63-47(102)41(96)30(85)17(4-74)112-63/h16-70,73-81,84-107H,3-13H2,1-2H3,(H,71,82)(H,72,83)/t16-,17-,18-,19-,20-,21-,22-,23-,24-,25-,26-,27-,28-,29-,30-,31-,32-,33-,34-,35-,36-,37-,38-,39-,40+,41+,42+,43+,44+,45+,46+,47+,48+,49+,50+,51+,52-,53-,54+,55+,56+,57+,58+,59+,60?,61+,62+,63-,64-,65-,66-,67+,68+,69-,70-/m1/s1. The number of amides is 2. The van der Waals surface area contributed by atoms with E-state index in [2.05, 4.69) is 10.6 Å². The van der Waals surface area contributed by atoms with Gasteiger partial charge in [-0.1, -0.05) is 0 Å². The first-order valence-corrected chi connectivity index (χ1v) is 40.7. The third-order valence-electron chi connectivity index (χ3n) is 23.8. The van der Waals surface area contributed by atoms with Crippen LogP contribution < -0.4 is 10.6 Å². The summed E-state index contributed by atoms with van der Waals surface area (Å²) in [5.41, 5.74) is 0. The molecular formula is C70H118N2O56. The summed E-state index contributed by atoms with van der Waals surface area (Å²) in [5.74, 6) is -1.80. The molecule has 1 unspecified atom stereocenters. The van der Waals surface area contributed by atoms with E-state index in [1.54, 1.807) is 0 Å². The van der Waals surface area contributed by atoms with Crippen LogP contribution in [0.15, 0.2) is 0 Å². The van der Waals surface area contributed by atoms with Crippen LogP contribution in [-0.2, 0) is 109 Å². The molecule has 744 valence electrons. The Hall–Kier alpha value is -3.22. The number of aliphatic hydroxyl groups is 33. The fraction of sp³-hybridized carbons (Fsp3) is 0.971. The number of rotatable bonds is 33. The Morgan fingerprint density at radius 1 is 0.203 bits per heavy atom. The summed E-state index contributed by atoms with van der Waals surface area (Å²) < 4.78 is 123. The first-order valence-electron chi connectivity index (χ1n) is 40.7. The van der Waals surface area contributed by atoms with E-state index in [0.717, 1.165) is 13.8 Å². The number of aliphatic hydroxyl groups excluding tert-OH is 33.